The van der Waals surface area contributed by atoms with E-state index in [9.17, 15) is 0 Å². The number of benzene rings is 1. The second kappa shape index (κ2) is 6.77. The Hall–Kier alpha value is -0.640. The number of nitrogens with one attached hydrogen (secondary N) is 1. The van der Waals surface area contributed by atoms with Gasteiger partial charge in [-0.2, -0.15) is 0 Å². The minimum Gasteiger partial charge on any atom is -0.271 e. The normalized spacial score (nSPS) is 12.4. The highest BCUT2D eigenvalue weighted by Crippen LogP contribution is 2.21. The topological polar surface area (TPSA) is 38.0 Å². The fourth-order valence-corrected chi connectivity index (χ4v) is 1.95. The molecule has 0 aliphatic carbocycles. The first kappa shape index (κ1) is 12.4. The van der Waals surface area contributed by atoms with E-state index in [-0.39, 0.29) is 6.04 Å². The lowest BCUT2D eigenvalue weighted by Gasteiger charge is -2.16. The fraction of sp³-hybridized carbons (Fsp3) is 0.333. The minimum atomic E-state index is 0.224. The summed E-state index contributed by atoms with van der Waals surface area (Å²) < 4.78 is 1.09. The molecule has 0 heterocycles. The zero-order valence-electron chi connectivity index (χ0n) is 8.75. The van der Waals surface area contributed by atoms with E-state index >= 15 is 0 Å². The molecule has 15 heavy (non-hydrogen) atoms. The van der Waals surface area contributed by atoms with E-state index in [1.54, 1.807) is 0 Å². The number of rotatable bonds is 6. The first-order valence-corrected chi connectivity index (χ1v) is 5.89. The predicted octanol–water partition coefficient (Wildman–Crippen LogP) is 3.31. The van der Waals surface area contributed by atoms with Gasteiger partial charge in [-0.3, -0.25) is 11.3 Å². The Labute approximate surface area is 99.7 Å². The van der Waals surface area contributed by atoms with Crippen LogP contribution in [0, 0.1) is 0 Å². The molecule has 82 valence electrons. The first-order valence-electron chi connectivity index (χ1n) is 5.10. The van der Waals surface area contributed by atoms with Gasteiger partial charge >= 0.3 is 0 Å². The second-order valence-corrected chi connectivity index (χ2v) is 4.41. The van der Waals surface area contributed by atoms with E-state index in [2.05, 4.69) is 40.1 Å². The summed E-state index contributed by atoms with van der Waals surface area (Å²) in [5, 5.41) is 0. The van der Waals surface area contributed by atoms with Gasteiger partial charge in [0, 0.05) is 10.5 Å². The molecule has 3 N–H and O–H groups in total. The van der Waals surface area contributed by atoms with Crippen molar-refractivity contribution in [3.8, 4) is 0 Å². The van der Waals surface area contributed by atoms with Gasteiger partial charge in [-0.05, 0) is 37.0 Å². The Morgan fingerprint density at radius 3 is 2.93 bits per heavy atom. The molecule has 0 fully saturated rings. The number of allylic oxidation sites excluding steroid dienone is 1. The Balaban J connectivity index is 2.61. The highest BCUT2D eigenvalue weighted by Gasteiger charge is 2.08. The molecule has 1 unspecified atom stereocenters. The molecule has 1 atom stereocenters. The summed E-state index contributed by atoms with van der Waals surface area (Å²) >= 11 is 3.46. The van der Waals surface area contributed by atoms with E-state index in [0.717, 1.165) is 23.7 Å². The third-order valence-corrected chi connectivity index (χ3v) is 2.85. The Morgan fingerprint density at radius 2 is 2.33 bits per heavy atom. The van der Waals surface area contributed by atoms with E-state index in [1.165, 1.54) is 5.56 Å². The fourth-order valence-electron chi connectivity index (χ4n) is 1.54. The number of hydrazine groups is 1. The molecule has 0 aromatic heterocycles. The Kier molecular flexibility index (Phi) is 5.61. The van der Waals surface area contributed by atoms with E-state index < -0.39 is 0 Å². The van der Waals surface area contributed by atoms with Crippen molar-refractivity contribution in [2.45, 2.75) is 25.3 Å². The van der Waals surface area contributed by atoms with Crippen molar-refractivity contribution in [1.82, 2.24) is 5.43 Å². The van der Waals surface area contributed by atoms with Crippen LogP contribution >= 0.6 is 15.9 Å². The minimum absolute atomic E-state index is 0.224. The van der Waals surface area contributed by atoms with E-state index in [1.807, 2.05) is 18.2 Å². The van der Waals surface area contributed by atoms with Gasteiger partial charge in [0.25, 0.3) is 0 Å². The molecule has 0 saturated heterocycles. The van der Waals surface area contributed by atoms with Gasteiger partial charge in [0.15, 0.2) is 0 Å². The SMILES string of the molecule is C=CCCCC(NN)c1cccc(Br)c1. The maximum atomic E-state index is 5.55. The summed E-state index contributed by atoms with van der Waals surface area (Å²) in [5.41, 5.74) is 4.07. The molecular weight excluding hydrogens is 252 g/mol. The second-order valence-electron chi connectivity index (χ2n) is 3.49. The first-order chi connectivity index (χ1) is 7.27. The molecule has 1 aromatic rings. The average molecular weight is 269 g/mol. The van der Waals surface area contributed by atoms with Crippen molar-refractivity contribution in [3.63, 3.8) is 0 Å². The highest BCUT2D eigenvalue weighted by atomic mass is 79.9. The van der Waals surface area contributed by atoms with Crippen molar-refractivity contribution < 1.29 is 0 Å². The van der Waals surface area contributed by atoms with Gasteiger partial charge < -0.3 is 0 Å². The Bertz CT molecular complexity index is 312. The van der Waals surface area contributed by atoms with Crippen LogP contribution in [0.15, 0.2) is 41.4 Å². The van der Waals surface area contributed by atoms with Gasteiger partial charge in [-0.1, -0.05) is 34.1 Å². The van der Waals surface area contributed by atoms with Gasteiger partial charge in [0.2, 0.25) is 0 Å². The number of hydrogen-bond donors (Lipinski definition) is 2. The van der Waals surface area contributed by atoms with E-state index in [0.29, 0.717) is 0 Å². The molecule has 0 aliphatic rings. The maximum absolute atomic E-state index is 5.55. The smallest absolute Gasteiger partial charge is 0.0460 e. The molecule has 1 rings (SSSR count). The standard InChI is InChI=1S/C12H17BrN2/c1-2-3-4-8-12(15-14)10-6-5-7-11(13)9-10/h2,5-7,9,12,15H,1,3-4,8,14H2. The number of nitrogens with two attached hydrogens (primary N) is 1. The molecule has 1 aromatic carbocycles. The zero-order valence-corrected chi connectivity index (χ0v) is 10.3. The van der Waals surface area contributed by atoms with Crippen molar-refractivity contribution in [3.05, 3.63) is 47.0 Å². The predicted molar refractivity (Wildman–Crippen MR) is 68.3 cm³/mol. The quantitative estimate of drug-likeness (QED) is 0.360. The number of halogens is 1. The molecule has 0 radical (unpaired) electrons. The molecule has 0 bridgehead atoms. The van der Waals surface area contributed by atoms with Crippen LogP contribution in [0.3, 0.4) is 0 Å². The number of hydrogen-bond acceptors (Lipinski definition) is 2. The average Bonchev–Trinajstić information content (AvgIpc) is 2.24. The van der Waals surface area contributed by atoms with Crippen molar-refractivity contribution >= 4 is 15.9 Å². The monoisotopic (exact) mass is 268 g/mol. The molecule has 0 amide bonds. The van der Waals surface area contributed by atoms with Crippen LogP contribution in [-0.4, -0.2) is 0 Å². The van der Waals surface area contributed by atoms with Crippen LogP contribution in [0.1, 0.15) is 30.9 Å². The molecule has 0 saturated carbocycles. The molecule has 0 spiro atoms. The summed E-state index contributed by atoms with van der Waals surface area (Å²) in [6.45, 7) is 3.71. The van der Waals surface area contributed by atoms with Gasteiger partial charge in [0.05, 0.1) is 0 Å². The molecule has 3 heteroatoms. The van der Waals surface area contributed by atoms with Crippen LogP contribution in [0.2, 0.25) is 0 Å². The molecule has 0 aliphatic heterocycles. The highest BCUT2D eigenvalue weighted by molar-refractivity contribution is 9.10. The van der Waals surface area contributed by atoms with Crippen LogP contribution in [0.25, 0.3) is 0 Å². The molecular formula is C12H17BrN2. The maximum Gasteiger partial charge on any atom is 0.0460 e. The van der Waals surface area contributed by atoms with Crippen LogP contribution < -0.4 is 11.3 Å². The van der Waals surface area contributed by atoms with Crippen LogP contribution in [-0.2, 0) is 0 Å². The van der Waals surface area contributed by atoms with E-state index in [4.69, 9.17) is 5.84 Å². The lowest BCUT2D eigenvalue weighted by molar-refractivity contribution is 0.501. The van der Waals surface area contributed by atoms with Gasteiger partial charge in [-0.15, -0.1) is 6.58 Å². The summed E-state index contributed by atoms with van der Waals surface area (Å²) in [6.07, 6.45) is 5.10. The lowest BCUT2D eigenvalue weighted by Crippen LogP contribution is -2.27. The zero-order chi connectivity index (χ0) is 11.1. The number of unbranched alkanes of at least 4 members (excludes halogenated alkanes) is 1. The summed E-state index contributed by atoms with van der Waals surface area (Å²) in [4.78, 5) is 0. The largest absolute Gasteiger partial charge is 0.271 e. The van der Waals surface area contributed by atoms with Crippen molar-refractivity contribution in [2.24, 2.45) is 5.84 Å². The lowest BCUT2D eigenvalue weighted by atomic mass is 10.0. The Morgan fingerprint density at radius 1 is 1.53 bits per heavy atom. The van der Waals surface area contributed by atoms with Crippen molar-refractivity contribution in [1.29, 1.82) is 0 Å². The van der Waals surface area contributed by atoms with Crippen LogP contribution in [0.4, 0.5) is 0 Å². The summed E-state index contributed by atoms with van der Waals surface area (Å²) in [6, 6.07) is 8.45. The molecule has 2 nitrogen and oxygen atoms in total. The van der Waals surface area contributed by atoms with Gasteiger partial charge in [-0.25, -0.2) is 0 Å². The van der Waals surface area contributed by atoms with Gasteiger partial charge in [0.1, 0.15) is 0 Å². The third kappa shape index (κ3) is 4.16. The van der Waals surface area contributed by atoms with Crippen LogP contribution in [0.5, 0.6) is 0 Å². The third-order valence-electron chi connectivity index (χ3n) is 2.35. The van der Waals surface area contributed by atoms with Crippen molar-refractivity contribution in [2.75, 3.05) is 0 Å². The summed E-state index contributed by atoms with van der Waals surface area (Å²) in [5.74, 6) is 5.55. The summed E-state index contributed by atoms with van der Waals surface area (Å²) in [7, 11) is 0.